The molecule has 0 saturated carbocycles. The second-order valence-corrected chi connectivity index (χ2v) is 9.10. The first-order valence-electron chi connectivity index (χ1n) is 11.8. The van der Waals surface area contributed by atoms with E-state index < -0.39 is 5.54 Å². The van der Waals surface area contributed by atoms with Gasteiger partial charge in [-0.15, -0.1) is 5.10 Å². The van der Waals surface area contributed by atoms with Crippen LogP contribution in [0.2, 0.25) is 0 Å². The Hall–Kier alpha value is -4.25. The number of carbonyl (C=O) groups excluding carboxylic acids is 1. The van der Waals surface area contributed by atoms with Gasteiger partial charge in [0.2, 0.25) is 11.8 Å². The van der Waals surface area contributed by atoms with Crippen LogP contribution in [0.15, 0.2) is 59.3 Å². The van der Waals surface area contributed by atoms with Crippen LogP contribution in [0.1, 0.15) is 25.3 Å². The van der Waals surface area contributed by atoms with Crippen LogP contribution >= 0.6 is 0 Å². The van der Waals surface area contributed by atoms with E-state index in [9.17, 15) is 4.79 Å². The zero-order chi connectivity index (χ0) is 24.9. The van der Waals surface area contributed by atoms with E-state index in [1.54, 1.807) is 36.4 Å². The number of fused-ring (bicyclic) bond motifs is 3. The molecular formula is C25H26N8O3. The summed E-state index contributed by atoms with van der Waals surface area (Å²) in [5.41, 5.74) is 6.85. The highest BCUT2D eigenvalue weighted by molar-refractivity contribution is 5.94. The van der Waals surface area contributed by atoms with Gasteiger partial charge in [0.1, 0.15) is 0 Å². The molecule has 11 nitrogen and oxygen atoms in total. The lowest BCUT2D eigenvalue weighted by molar-refractivity contribution is -0.142. The molecule has 1 aromatic carbocycles. The number of amides is 1. The second kappa shape index (κ2) is 8.45. The number of piperidine rings is 1. The maximum atomic E-state index is 14.2. The van der Waals surface area contributed by atoms with Crippen LogP contribution in [-0.2, 0) is 15.1 Å². The lowest BCUT2D eigenvalue weighted by Crippen LogP contribution is -2.53. The number of nitrogens with zero attached hydrogens (tertiary/aromatic N) is 7. The highest BCUT2D eigenvalue weighted by atomic mass is 16.5. The number of benzene rings is 1. The fourth-order valence-corrected chi connectivity index (χ4v) is 4.97. The van der Waals surface area contributed by atoms with Crippen molar-refractivity contribution in [3.63, 3.8) is 0 Å². The van der Waals surface area contributed by atoms with Crippen molar-refractivity contribution in [1.29, 1.82) is 0 Å². The minimum Gasteiger partial charge on any atom is -0.461 e. The summed E-state index contributed by atoms with van der Waals surface area (Å²) in [5.74, 6) is 0.943. The molecule has 5 aromatic rings. The molecule has 0 bridgehead atoms. The summed E-state index contributed by atoms with van der Waals surface area (Å²) in [6, 6.07) is 13.1. The molecule has 2 N–H and O–H groups in total. The Balaban J connectivity index is 1.53. The van der Waals surface area contributed by atoms with Gasteiger partial charge in [-0.2, -0.15) is 14.6 Å². The minimum absolute atomic E-state index is 0.00139. The molecule has 0 radical (unpaired) electrons. The summed E-state index contributed by atoms with van der Waals surface area (Å²) >= 11 is 0. The Morgan fingerprint density at radius 3 is 2.75 bits per heavy atom. The predicted octanol–water partition coefficient (Wildman–Crippen LogP) is 2.72. The fraction of sp³-hybridized carbons (Fsp3) is 0.320. The first-order valence-corrected chi connectivity index (χ1v) is 11.8. The fourth-order valence-electron chi connectivity index (χ4n) is 4.97. The number of hydrogen-bond acceptors (Lipinski definition) is 8. The summed E-state index contributed by atoms with van der Waals surface area (Å²) in [5, 5.41) is 9.76. The number of furan rings is 1. The monoisotopic (exact) mass is 486 g/mol. The maximum absolute atomic E-state index is 14.2. The van der Waals surface area contributed by atoms with Gasteiger partial charge in [0.15, 0.2) is 22.6 Å². The first-order chi connectivity index (χ1) is 17.5. The van der Waals surface area contributed by atoms with Crippen molar-refractivity contribution < 1.29 is 13.9 Å². The highest BCUT2D eigenvalue weighted by Crippen LogP contribution is 2.33. The summed E-state index contributed by atoms with van der Waals surface area (Å²) in [6.45, 7) is 3.04. The van der Waals surface area contributed by atoms with Gasteiger partial charge in [0.25, 0.3) is 5.91 Å². The molecule has 4 aromatic heterocycles. The van der Waals surface area contributed by atoms with Crippen molar-refractivity contribution in [2.75, 3.05) is 25.9 Å². The number of rotatable bonds is 5. The summed E-state index contributed by atoms with van der Waals surface area (Å²) < 4.78 is 14.1. The molecule has 1 fully saturated rings. The first kappa shape index (κ1) is 22.2. The molecule has 2 unspecified atom stereocenters. The molecular weight excluding hydrogens is 460 g/mol. The Bertz CT molecular complexity index is 1540. The van der Waals surface area contributed by atoms with Crippen molar-refractivity contribution in [1.82, 2.24) is 34.3 Å². The van der Waals surface area contributed by atoms with E-state index in [0.29, 0.717) is 41.4 Å². The van der Waals surface area contributed by atoms with E-state index in [0.717, 1.165) is 18.4 Å². The van der Waals surface area contributed by atoms with Crippen molar-refractivity contribution in [3.8, 4) is 11.6 Å². The summed E-state index contributed by atoms with van der Waals surface area (Å²) in [6.07, 6.45) is 5.01. The number of methoxy groups -OCH3 is 1. The summed E-state index contributed by atoms with van der Waals surface area (Å²) in [4.78, 5) is 25.4. The van der Waals surface area contributed by atoms with Gasteiger partial charge in [0, 0.05) is 20.2 Å². The molecule has 5 heterocycles. The average molecular weight is 487 g/mol. The smallest absolute Gasteiger partial charge is 0.255 e. The number of ether oxygens (including phenoxy) is 1. The van der Waals surface area contributed by atoms with E-state index in [-0.39, 0.29) is 18.0 Å². The van der Waals surface area contributed by atoms with Crippen molar-refractivity contribution in [2.45, 2.75) is 31.4 Å². The normalized spacial score (nSPS) is 18.1. The molecule has 1 aliphatic heterocycles. The number of anilines is 1. The quantitative estimate of drug-likeness (QED) is 0.401. The lowest BCUT2D eigenvalue weighted by atomic mass is 9.89. The Kier molecular flexibility index (Phi) is 5.22. The standard InChI is InChI=1S/C25H26N8O3/c1-25(16-8-4-3-5-9-16,23(34)31-12-6-10-17(15-31)35-2)33-22-18(14-27-33)21-28-20(19-11-7-13-36-19)30-32(21)24(26)29-22/h3-5,7-9,11,13-14,17H,6,10,12,15H2,1-2H3,(H2,26,29). The van der Waals surface area contributed by atoms with Gasteiger partial charge in [-0.05, 0) is 37.5 Å². The molecule has 0 spiro atoms. The van der Waals surface area contributed by atoms with E-state index in [1.165, 1.54) is 4.52 Å². The SMILES string of the molecule is COC1CCCN(C(=O)C(C)(c2ccccc2)n2ncc3c2nc(N)n2nc(-c4ccco4)nc32)C1. The molecule has 1 aliphatic rings. The predicted molar refractivity (Wildman–Crippen MR) is 132 cm³/mol. The van der Waals surface area contributed by atoms with Crippen LogP contribution in [0.5, 0.6) is 0 Å². The molecule has 1 saturated heterocycles. The Morgan fingerprint density at radius 1 is 1.17 bits per heavy atom. The van der Waals surface area contributed by atoms with Crippen molar-refractivity contribution in [3.05, 3.63) is 60.5 Å². The van der Waals surface area contributed by atoms with Gasteiger partial charge < -0.3 is 19.8 Å². The minimum atomic E-state index is -1.18. The van der Waals surface area contributed by atoms with Crippen LogP contribution in [0.3, 0.4) is 0 Å². The van der Waals surface area contributed by atoms with Crippen molar-refractivity contribution in [2.24, 2.45) is 0 Å². The molecule has 184 valence electrons. The third-order valence-electron chi connectivity index (χ3n) is 6.95. The second-order valence-electron chi connectivity index (χ2n) is 9.10. The number of aromatic nitrogens is 6. The van der Waals surface area contributed by atoms with Gasteiger partial charge in [-0.25, -0.2) is 9.67 Å². The molecule has 0 aliphatic carbocycles. The van der Waals surface area contributed by atoms with E-state index in [4.69, 9.17) is 14.9 Å². The number of nitrogen functional groups attached to an aromatic ring is 1. The third-order valence-corrected chi connectivity index (χ3v) is 6.95. The highest BCUT2D eigenvalue weighted by Gasteiger charge is 2.44. The van der Waals surface area contributed by atoms with Crippen molar-refractivity contribution >= 4 is 28.5 Å². The van der Waals surface area contributed by atoms with E-state index in [2.05, 4.69) is 20.2 Å². The van der Waals surface area contributed by atoms with Crippen LogP contribution in [-0.4, -0.2) is 66.5 Å². The topological polar surface area (TPSA) is 130 Å². The zero-order valence-corrected chi connectivity index (χ0v) is 20.0. The maximum Gasteiger partial charge on any atom is 0.255 e. The van der Waals surface area contributed by atoms with Crippen LogP contribution in [0.4, 0.5) is 5.95 Å². The summed E-state index contributed by atoms with van der Waals surface area (Å²) in [7, 11) is 1.68. The molecule has 1 amide bonds. The third kappa shape index (κ3) is 3.34. The molecule has 6 rings (SSSR count). The van der Waals surface area contributed by atoms with Gasteiger partial charge in [-0.3, -0.25) is 4.79 Å². The number of carbonyl (C=O) groups is 1. The number of hydrogen-bond donors (Lipinski definition) is 1. The molecule has 2 atom stereocenters. The van der Waals surface area contributed by atoms with E-state index in [1.807, 2.05) is 42.2 Å². The van der Waals surface area contributed by atoms with Crippen LogP contribution < -0.4 is 5.73 Å². The number of likely N-dealkylation sites (tertiary alicyclic amines) is 1. The molecule has 11 heteroatoms. The van der Waals surface area contributed by atoms with Gasteiger partial charge in [0.05, 0.1) is 24.0 Å². The Labute approximate surface area is 206 Å². The lowest BCUT2D eigenvalue weighted by Gasteiger charge is -2.39. The molecule has 36 heavy (non-hydrogen) atoms. The number of nitrogens with two attached hydrogens (primary N) is 1. The average Bonchev–Trinajstić information content (AvgIpc) is 3.68. The van der Waals surface area contributed by atoms with Gasteiger partial charge in [-0.1, -0.05) is 30.3 Å². The Morgan fingerprint density at radius 2 is 2.00 bits per heavy atom. The largest absolute Gasteiger partial charge is 0.461 e. The van der Waals surface area contributed by atoms with Crippen LogP contribution in [0, 0.1) is 0 Å². The van der Waals surface area contributed by atoms with Crippen LogP contribution in [0.25, 0.3) is 28.3 Å². The van der Waals surface area contributed by atoms with Gasteiger partial charge >= 0.3 is 0 Å². The zero-order valence-electron chi connectivity index (χ0n) is 20.0. The van der Waals surface area contributed by atoms with E-state index >= 15 is 0 Å².